The molecule has 10 heteroatoms. The van der Waals surface area contributed by atoms with Gasteiger partial charge in [-0.2, -0.15) is 0 Å². The van der Waals surface area contributed by atoms with Crippen molar-refractivity contribution >= 4 is 39.9 Å². The fraction of sp³-hybridized carbons (Fsp3) is 0.344. The number of fused-ring (bicyclic) bond motifs is 1. The van der Waals surface area contributed by atoms with Crippen LogP contribution < -0.4 is 25.2 Å². The lowest BCUT2D eigenvalue weighted by atomic mass is 10.1. The molecule has 220 valence electrons. The minimum atomic E-state index is -0.160. The molecule has 1 N–H and O–H groups in total. The van der Waals surface area contributed by atoms with Crippen LogP contribution >= 0.6 is 11.8 Å². The SMILES string of the molecule is CCc1ccc(NC(=O)CSc2nc3ccc(N4CCOCC4)cc3c(=O)n2CCc2ccc(OC)c(OC)c2)cc1. The van der Waals surface area contributed by atoms with E-state index >= 15 is 0 Å². The van der Waals surface area contributed by atoms with Gasteiger partial charge in [-0.25, -0.2) is 4.98 Å². The maximum Gasteiger partial charge on any atom is 0.262 e. The van der Waals surface area contributed by atoms with E-state index in [-0.39, 0.29) is 17.2 Å². The zero-order valence-corrected chi connectivity index (χ0v) is 25.0. The number of rotatable bonds is 11. The first-order valence-electron chi connectivity index (χ1n) is 14.1. The van der Waals surface area contributed by atoms with Crippen molar-refractivity contribution in [1.82, 2.24) is 9.55 Å². The number of carbonyl (C=O) groups excluding carboxylic acids is 1. The van der Waals surface area contributed by atoms with E-state index < -0.39 is 0 Å². The Morgan fingerprint density at radius 2 is 1.71 bits per heavy atom. The van der Waals surface area contributed by atoms with Gasteiger partial charge >= 0.3 is 0 Å². The molecule has 1 aromatic heterocycles. The normalized spacial score (nSPS) is 13.3. The van der Waals surface area contributed by atoms with Crippen LogP contribution in [-0.2, 0) is 28.9 Å². The third kappa shape index (κ3) is 6.88. The lowest BCUT2D eigenvalue weighted by Gasteiger charge is -2.29. The van der Waals surface area contributed by atoms with Crippen LogP contribution in [0.2, 0.25) is 0 Å². The molecule has 0 aliphatic carbocycles. The second kappa shape index (κ2) is 13.8. The lowest BCUT2D eigenvalue weighted by molar-refractivity contribution is -0.113. The zero-order valence-electron chi connectivity index (χ0n) is 24.2. The number of anilines is 2. The molecule has 1 saturated heterocycles. The summed E-state index contributed by atoms with van der Waals surface area (Å²) >= 11 is 1.26. The molecule has 5 rings (SSSR count). The van der Waals surface area contributed by atoms with Crippen molar-refractivity contribution < 1.29 is 19.0 Å². The van der Waals surface area contributed by atoms with Gasteiger partial charge in [0, 0.05) is 31.0 Å². The molecule has 0 bridgehead atoms. The van der Waals surface area contributed by atoms with E-state index in [1.807, 2.05) is 60.7 Å². The van der Waals surface area contributed by atoms with E-state index in [1.54, 1.807) is 18.8 Å². The molecule has 2 heterocycles. The smallest absolute Gasteiger partial charge is 0.262 e. The first-order chi connectivity index (χ1) is 20.5. The number of nitrogens with zero attached hydrogens (tertiary/aromatic N) is 3. The van der Waals surface area contributed by atoms with E-state index in [1.165, 1.54) is 17.3 Å². The van der Waals surface area contributed by atoms with Crippen molar-refractivity contribution in [3.05, 3.63) is 82.1 Å². The number of amides is 1. The highest BCUT2D eigenvalue weighted by molar-refractivity contribution is 7.99. The Labute approximate surface area is 249 Å². The van der Waals surface area contributed by atoms with Gasteiger partial charge in [-0.3, -0.25) is 14.2 Å². The predicted octanol–water partition coefficient (Wildman–Crippen LogP) is 4.79. The molecule has 1 aliphatic heterocycles. The topological polar surface area (TPSA) is 94.9 Å². The van der Waals surface area contributed by atoms with Crippen LogP contribution in [0.4, 0.5) is 11.4 Å². The monoisotopic (exact) mass is 588 g/mol. The Morgan fingerprint density at radius 3 is 2.43 bits per heavy atom. The standard InChI is InChI=1S/C32H36N4O5S/c1-4-22-5-8-24(9-6-22)33-30(37)21-42-32-34-27-11-10-25(35-15-17-41-18-16-35)20-26(27)31(38)36(32)14-13-23-7-12-28(39-2)29(19-23)40-3/h5-12,19-20H,4,13-18,21H2,1-3H3,(H,33,37). The van der Waals surface area contributed by atoms with Gasteiger partial charge in [-0.05, 0) is 66.4 Å². The average Bonchev–Trinajstić information content (AvgIpc) is 3.04. The molecule has 0 spiro atoms. The van der Waals surface area contributed by atoms with Crippen molar-refractivity contribution in [2.24, 2.45) is 0 Å². The number of aryl methyl sites for hydroxylation is 2. The molecule has 4 aromatic rings. The first-order valence-corrected chi connectivity index (χ1v) is 15.1. The van der Waals surface area contributed by atoms with E-state index in [2.05, 4.69) is 17.1 Å². The van der Waals surface area contributed by atoms with E-state index in [0.29, 0.717) is 53.7 Å². The maximum atomic E-state index is 13.9. The molecule has 0 atom stereocenters. The summed E-state index contributed by atoms with van der Waals surface area (Å²) in [7, 11) is 3.20. The van der Waals surface area contributed by atoms with Gasteiger partial charge in [-0.15, -0.1) is 0 Å². The van der Waals surface area contributed by atoms with Gasteiger partial charge in [0.15, 0.2) is 16.7 Å². The van der Waals surface area contributed by atoms with Crippen LogP contribution in [0.1, 0.15) is 18.1 Å². The van der Waals surface area contributed by atoms with E-state index in [4.69, 9.17) is 19.2 Å². The summed E-state index contributed by atoms with van der Waals surface area (Å²) < 4.78 is 18.0. The number of hydrogen-bond donors (Lipinski definition) is 1. The van der Waals surface area contributed by atoms with Gasteiger partial charge in [0.05, 0.1) is 44.1 Å². The highest BCUT2D eigenvalue weighted by Crippen LogP contribution is 2.28. The molecule has 1 amide bonds. The Balaban J connectivity index is 1.42. The van der Waals surface area contributed by atoms with Crippen molar-refractivity contribution in [3.8, 4) is 11.5 Å². The summed E-state index contributed by atoms with van der Waals surface area (Å²) in [5.74, 6) is 1.24. The molecular formula is C32H36N4O5S. The highest BCUT2D eigenvalue weighted by atomic mass is 32.2. The van der Waals surface area contributed by atoms with Gasteiger partial charge in [0.25, 0.3) is 5.56 Å². The lowest BCUT2D eigenvalue weighted by Crippen LogP contribution is -2.36. The van der Waals surface area contributed by atoms with Crippen molar-refractivity contribution in [1.29, 1.82) is 0 Å². The average molecular weight is 589 g/mol. The summed E-state index contributed by atoms with van der Waals surface area (Å²) in [4.78, 5) is 33.9. The quantitative estimate of drug-likeness (QED) is 0.198. The molecule has 0 unspecified atom stereocenters. The number of methoxy groups -OCH3 is 2. The third-order valence-electron chi connectivity index (χ3n) is 7.33. The Morgan fingerprint density at radius 1 is 0.976 bits per heavy atom. The van der Waals surface area contributed by atoms with Crippen LogP contribution in [0.15, 0.2) is 70.6 Å². The molecule has 1 aliphatic rings. The second-order valence-electron chi connectivity index (χ2n) is 9.98. The number of nitrogens with one attached hydrogen (secondary N) is 1. The number of thioether (sulfide) groups is 1. The number of morpholine rings is 1. The summed E-state index contributed by atoms with van der Waals surface area (Å²) in [6.45, 7) is 5.35. The van der Waals surface area contributed by atoms with Gasteiger partial charge in [0.2, 0.25) is 5.91 Å². The minimum absolute atomic E-state index is 0.121. The van der Waals surface area contributed by atoms with E-state index in [9.17, 15) is 9.59 Å². The summed E-state index contributed by atoms with van der Waals surface area (Å²) in [5, 5.41) is 4.00. The van der Waals surface area contributed by atoms with Crippen LogP contribution in [0.25, 0.3) is 10.9 Å². The first kappa shape index (κ1) is 29.5. The predicted molar refractivity (Wildman–Crippen MR) is 167 cm³/mol. The van der Waals surface area contributed by atoms with E-state index in [0.717, 1.165) is 36.4 Å². The fourth-order valence-corrected chi connectivity index (χ4v) is 5.77. The number of aromatic nitrogens is 2. The summed E-state index contributed by atoms with van der Waals surface area (Å²) in [6.07, 6.45) is 1.51. The Bertz CT molecular complexity index is 1600. The Kier molecular flexibility index (Phi) is 9.66. The van der Waals surface area contributed by atoms with Crippen LogP contribution in [0.5, 0.6) is 11.5 Å². The highest BCUT2D eigenvalue weighted by Gasteiger charge is 2.17. The molecule has 1 fully saturated rings. The van der Waals surface area contributed by atoms with Crippen molar-refractivity contribution in [2.75, 3.05) is 56.5 Å². The third-order valence-corrected chi connectivity index (χ3v) is 8.31. The summed E-state index contributed by atoms with van der Waals surface area (Å²) in [6, 6.07) is 19.4. The number of carbonyl (C=O) groups is 1. The molecule has 42 heavy (non-hydrogen) atoms. The maximum absolute atomic E-state index is 13.9. The number of hydrogen-bond acceptors (Lipinski definition) is 8. The molecular weight excluding hydrogens is 552 g/mol. The number of benzene rings is 3. The molecule has 0 saturated carbocycles. The van der Waals surface area contributed by atoms with Gasteiger partial charge in [-0.1, -0.05) is 36.9 Å². The van der Waals surface area contributed by atoms with Crippen molar-refractivity contribution in [3.63, 3.8) is 0 Å². The zero-order chi connectivity index (χ0) is 29.5. The van der Waals surface area contributed by atoms with Crippen LogP contribution in [-0.4, -0.2) is 61.7 Å². The summed E-state index contributed by atoms with van der Waals surface area (Å²) in [5.41, 5.74) is 4.39. The largest absolute Gasteiger partial charge is 0.493 e. The minimum Gasteiger partial charge on any atom is -0.493 e. The fourth-order valence-electron chi connectivity index (χ4n) is 4.94. The molecule has 3 aromatic carbocycles. The second-order valence-corrected chi connectivity index (χ2v) is 10.9. The number of ether oxygens (including phenoxy) is 3. The van der Waals surface area contributed by atoms with Gasteiger partial charge in [0.1, 0.15) is 0 Å². The Hall–Kier alpha value is -4.02. The van der Waals surface area contributed by atoms with Crippen LogP contribution in [0, 0.1) is 0 Å². The molecule has 0 radical (unpaired) electrons. The van der Waals surface area contributed by atoms with Gasteiger partial charge < -0.3 is 24.4 Å². The van der Waals surface area contributed by atoms with Crippen LogP contribution in [0.3, 0.4) is 0 Å². The van der Waals surface area contributed by atoms with Crippen molar-refractivity contribution in [2.45, 2.75) is 31.5 Å². The molecule has 9 nitrogen and oxygen atoms in total.